The molecule has 426 valence electrons. The summed E-state index contributed by atoms with van der Waals surface area (Å²) in [6, 6.07) is 87.5. The normalized spacial score (nSPS) is 16.8. The lowest BCUT2D eigenvalue weighted by atomic mass is 9.63. The Labute approximate surface area is 509 Å². The summed E-state index contributed by atoms with van der Waals surface area (Å²) in [5, 5.41) is 33.2. The van der Waals surface area contributed by atoms with Gasteiger partial charge in [-0.3, -0.25) is 0 Å². The molecule has 2 aliphatic carbocycles. The highest BCUT2D eigenvalue weighted by molar-refractivity contribution is 6.13. The van der Waals surface area contributed by atoms with Crippen molar-refractivity contribution in [1.82, 2.24) is 0 Å². The Balaban J connectivity index is 1.09. The van der Waals surface area contributed by atoms with Crippen LogP contribution in [0, 0.1) is 0 Å². The fourth-order valence-electron chi connectivity index (χ4n) is 14.1. The van der Waals surface area contributed by atoms with Gasteiger partial charge in [0.1, 0.15) is 11.2 Å². The largest absolute Gasteiger partial charge is 0.376 e. The SMILES string of the molecule is CC(C)(C)c1ccc(C(=C2c3ccccc3C(O)(c3c4ccccc4c(C4(O)c5ccccc5C(=C(c5ccc(C(C)(C)C)cc5)c5ccc(C(C)(C)C)cc5)c5ccccc54)c4ccccc34)c3ccccc32)c2ccc(C(C)(C)C)cc2)cc1. The Bertz CT molecular complexity index is 3950. The van der Waals surface area contributed by atoms with E-state index in [9.17, 15) is 10.2 Å². The lowest BCUT2D eigenvalue weighted by Gasteiger charge is -2.43. The van der Waals surface area contributed by atoms with E-state index < -0.39 is 11.2 Å². The van der Waals surface area contributed by atoms with Crippen LogP contribution in [0.3, 0.4) is 0 Å². The number of benzene rings is 11. The molecule has 0 amide bonds. The van der Waals surface area contributed by atoms with Crippen LogP contribution in [0.25, 0.3) is 43.8 Å². The third-order valence-corrected chi connectivity index (χ3v) is 18.7. The van der Waals surface area contributed by atoms with Gasteiger partial charge in [-0.15, -0.1) is 0 Å². The molecule has 0 heterocycles. The zero-order valence-electron chi connectivity index (χ0n) is 52.0. The standard InChI is InChI=1S/C84H78O2/c1-79(2,3)57-45-37-53(38-46-57)73(54-39-47-58(48-40-54)80(4,5)6)75-65-29-17-21-33-69(65)83(85,70-34-22-18-30-66(70)75)77-61-25-13-15-27-63(61)78(64-28-16-14-26-62(64)77)84(86)71-35-23-19-31-67(71)76(68-32-20-24-36-72(68)84)74(55-41-49-59(50-42-55)81(7,8)9)56-43-51-60(52-44-56)82(10,11)12/h13-52,85-86H,1-12H3. The Kier molecular flexibility index (Phi) is 13.5. The van der Waals surface area contributed by atoms with E-state index in [4.69, 9.17) is 0 Å². The Hall–Kier alpha value is -8.66. The molecule has 0 saturated heterocycles. The van der Waals surface area contributed by atoms with E-state index in [0.29, 0.717) is 0 Å². The fraction of sp³-hybridized carbons (Fsp3) is 0.214. The van der Waals surface area contributed by atoms with Gasteiger partial charge in [0.15, 0.2) is 0 Å². The van der Waals surface area contributed by atoms with Crippen molar-refractivity contribution in [3.8, 4) is 0 Å². The molecular formula is C84H78O2. The van der Waals surface area contributed by atoms with Gasteiger partial charge in [0.05, 0.1) is 0 Å². The molecule has 11 aromatic carbocycles. The summed E-state index contributed by atoms with van der Waals surface area (Å²) in [6.07, 6.45) is 0. The minimum absolute atomic E-state index is 0.0243. The van der Waals surface area contributed by atoms with Gasteiger partial charge in [-0.25, -0.2) is 0 Å². The number of fused-ring (bicyclic) bond motifs is 6. The summed E-state index contributed by atoms with van der Waals surface area (Å²) in [5.74, 6) is 0. The quantitative estimate of drug-likeness (QED) is 0.163. The molecule has 2 aliphatic rings. The van der Waals surface area contributed by atoms with Gasteiger partial charge >= 0.3 is 0 Å². The summed E-state index contributed by atoms with van der Waals surface area (Å²) >= 11 is 0. The van der Waals surface area contributed by atoms with E-state index in [2.05, 4.69) is 326 Å². The maximum Gasteiger partial charge on any atom is 0.142 e. The third kappa shape index (κ3) is 9.15. The fourth-order valence-corrected chi connectivity index (χ4v) is 14.1. The molecule has 0 aromatic heterocycles. The third-order valence-electron chi connectivity index (χ3n) is 18.7. The molecule has 0 spiro atoms. The summed E-state index contributed by atoms with van der Waals surface area (Å²) in [7, 11) is 0. The van der Waals surface area contributed by atoms with Gasteiger partial charge in [-0.05, 0) is 132 Å². The van der Waals surface area contributed by atoms with Crippen molar-refractivity contribution in [2.75, 3.05) is 0 Å². The van der Waals surface area contributed by atoms with Crippen LogP contribution >= 0.6 is 0 Å². The van der Waals surface area contributed by atoms with Crippen molar-refractivity contribution in [3.05, 3.63) is 343 Å². The highest BCUT2D eigenvalue weighted by atomic mass is 16.3. The van der Waals surface area contributed by atoms with Crippen LogP contribution in [0.5, 0.6) is 0 Å². The van der Waals surface area contributed by atoms with Gasteiger partial charge in [-0.1, -0.05) is 326 Å². The van der Waals surface area contributed by atoms with Crippen molar-refractivity contribution in [2.45, 2.75) is 116 Å². The van der Waals surface area contributed by atoms with Crippen molar-refractivity contribution in [2.24, 2.45) is 0 Å². The first kappa shape index (κ1) is 56.5. The minimum atomic E-state index is -1.67. The predicted octanol–water partition coefficient (Wildman–Crippen LogP) is 20.4. The lowest BCUT2D eigenvalue weighted by molar-refractivity contribution is 0.124. The van der Waals surface area contributed by atoms with E-state index >= 15 is 0 Å². The first-order chi connectivity index (χ1) is 41.0. The van der Waals surface area contributed by atoms with Gasteiger partial charge in [-0.2, -0.15) is 0 Å². The second-order valence-electron chi connectivity index (χ2n) is 28.3. The second-order valence-corrected chi connectivity index (χ2v) is 28.3. The van der Waals surface area contributed by atoms with Crippen molar-refractivity contribution < 1.29 is 10.2 Å². The van der Waals surface area contributed by atoms with E-state index in [-0.39, 0.29) is 21.7 Å². The number of hydrogen-bond donors (Lipinski definition) is 2. The van der Waals surface area contributed by atoms with Crippen molar-refractivity contribution in [1.29, 1.82) is 0 Å². The molecule has 0 unspecified atom stereocenters. The molecule has 0 fully saturated rings. The van der Waals surface area contributed by atoms with Gasteiger partial charge in [0, 0.05) is 33.4 Å². The molecule has 2 heteroatoms. The molecule has 86 heavy (non-hydrogen) atoms. The monoisotopic (exact) mass is 1120 g/mol. The molecule has 0 bridgehead atoms. The average molecular weight is 1120 g/mol. The first-order valence-corrected chi connectivity index (χ1v) is 30.7. The van der Waals surface area contributed by atoms with Crippen LogP contribution in [-0.2, 0) is 32.9 Å². The molecule has 0 atom stereocenters. The topological polar surface area (TPSA) is 40.5 Å². The van der Waals surface area contributed by atoms with E-state index in [0.717, 1.165) is 122 Å². The zero-order valence-corrected chi connectivity index (χ0v) is 52.0. The second kappa shape index (κ2) is 20.5. The summed E-state index contributed by atoms with van der Waals surface area (Å²) in [6.45, 7) is 27.2. The molecule has 2 nitrogen and oxygen atoms in total. The Morgan fingerprint density at radius 2 is 0.430 bits per heavy atom. The number of aliphatic hydroxyl groups is 2. The van der Waals surface area contributed by atoms with Crippen LogP contribution < -0.4 is 0 Å². The lowest BCUT2D eigenvalue weighted by Crippen LogP contribution is -2.37. The molecule has 2 N–H and O–H groups in total. The van der Waals surface area contributed by atoms with Gasteiger partial charge in [0.25, 0.3) is 0 Å². The summed E-state index contributed by atoms with van der Waals surface area (Å²) < 4.78 is 0. The zero-order chi connectivity index (χ0) is 60.3. The maximum atomic E-state index is 14.9. The van der Waals surface area contributed by atoms with Crippen molar-refractivity contribution in [3.63, 3.8) is 0 Å². The molecule has 13 rings (SSSR count). The number of rotatable bonds is 6. The molecular weight excluding hydrogens is 1040 g/mol. The summed E-state index contributed by atoms with van der Waals surface area (Å²) in [5.41, 5.74) is 19.0. The predicted molar refractivity (Wildman–Crippen MR) is 362 cm³/mol. The van der Waals surface area contributed by atoms with Crippen LogP contribution in [-0.4, -0.2) is 10.2 Å². The van der Waals surface area contributed by atoms with E-state index in [1.807, 2.05) is 0 Å². The van der Waals surface area contributed by atoms with E-state index in [1.54, 1.807) is 0 Å². The smallest absolute Gasteiger partial charge is 0.142 e. The molecule has 0 saturated carbocycles. The molecule has 0 aliphatic heterocycles. The van der Waals surface area contributed by atoms with Crippen LogP contribution in [0.4, 0.5) is 0 Å². The van der Waals surface area contributed by atoms with Gasteiger partial charge in [0.2, 0.25) is 0 Å². The minimum Gasteiger partial charge on any atom is -0.376 e. The Morgan fingerprint density at radius 1 is 0.244 bits per heavy atom. The highest BCUT2D eigenvalue weighted by Crippen LogP contribution is 2.59. The Morgan fingerprint density at radius 3 is 0.628 bits per heavy atom. The maximum absolute atomic E-state index is 14.9. The van der Waals surface area contributed by atoms with E-state index in [1.165, 1.54) is 22.3 Å². The number of hydrogen-bond acceptors (Lipinski definition) is 2. The molecule has 11 aromatic rings. The van der Waals surface area contributed by atoms with Crippen LogP contribution in [0.1, 0.15) is 183 Å². The van der Waals surface area contributed by atoms with Gasteiger partial charge < -0.3 is 10.2 Å². The van der Waals surface area contributed by atoms with Crippen molar-refractivity contribution >= 4 is 43.8 Å². The first-order valence-electron chi connectivity index (χ1n) is 30.7. The molecule has 0 radical (unpaired) electrons. The van der Waals surface area contributed by atoms with Crippen LogP contribution in [0.2, 0.25) is 0 Å². The highest BCUT2D eigenvalue weighted by Gasteiger charge is 2.49. The van der Waals surface area contributed by atoms with Crippen LogP contribution in [0.15, 0.2) is 243 Å². The average Bonchev–Trinajstić information content (AvgIpc) is 0.772. The summed E-state index contributed by atoms with van der Waals surface area (Å²) in [4.78, 5) is 0.